The summed E-state index contributed by atoms with van der Waals surface area (Å²) < 4.78 is 2.15. The van der Waals surface area contributed by atoms with Crippen LogP contribution in [0, 0.1) is 20.8 Å². The number of hydrogen-bond acceptors (Lipinski definition) is 1. The lowest BCUT2D eigenvalue weighted by atomic mass is 10.1. The molecular formula is C16H19NO. The van der Waals surface area contributed by atoms with Gasteiger partial charge in [-0.15, -0.1) is 0 Å². The van der Waals surface area contributed by atoms with Crippen LogP contribution >= 0.6 is 0 Å². The number of hydrogen-bond donors (Lipinski definition) is 0. The summed E-state index contributed by atoms with van der Waals surface area (Å²) in [5.41, 5.74) is 5.33. The second-order valence-electron chi connectivity index (χ2n) is 4.74. The average molecular weight is 241 g/mol. The molecule has 0 fully saturated rings. The maximum Gasteiger partial charge on any atom is 0.164 e. The van der Waals surface area contributed by atoms with E-state index in [1.807, 2.05) is 32.9 Å². The number of nitrogens with zero attached hydrogens (tertiary/aromatic N) is 1. The molecule has 0 radical (unpaired) electrons. The molecule has 0 N–H and O–H groups in total. The van der Waals surface area contributed by atoms with Gasteiger partial charge in [0.25, 0.3) is 0 Å². The largest absolute Gasteiger partial charge is 0.318 e. The van der Waals surface area contributed by atoms with Crippen molar-refractivity contribution in [1.29, 1.82) is 0 Å². The standard InChI is InChI=1S/C16H19NO/c1-5-16(18)15-10-12(3)17(13(15)4)14-8-6-7-11(2)9-14/h6-10H,5H2,1-4H3. The summed E-state index contributed by atoms with van der Waals surface area (Å²) >= 11 is 0. The highest BCUT2D eigenvalue weighted by Crippen LogP contribution is 2.22. The highest BCUT2D eigenvalue weighted by molar-refractivity contribution is 5.97. The maximum absolute atomic E-state index is 11.9. The van der Waals surface area contributed by atoms with Gasteiger partial charge in [-0.05, 0) is 44.5 Å². The van der Waals surface area contributed by atoms with Gasteiger partial charge in [0, 0.05) is 29.1 Å². The molecule has 0 aliphatic heterocycles. The molecule has 0 unspecified atom stereocenters. The van der Waals surface area contributed by atoms with Crippen molar-refractivity contribution >= 4 is 5.78 Å². The fourth-order valence-corrected chi connectivity index (χ4v) is 2.40. The zero-order chi connectivity index (χ0) is 13.3. The van der Waals surface area contributed by atoms with Gasteiger partial charge in [-0.25, -0.2) is 0 Å². The second kappa shape index (κ2) is 4.81. The van der Waals surface area contributed by atoms with Crippen LogP contribution in [0.15, 0.2) is 30.3 Å². The molecule has 1 heterocycles. The van der Waals surface area contributed by atoms with Crippen molar-refractivity contribution in [1.82, 2.24) is 4.57 Å². The fourth-order valence-electron chi connectivity index (χ4n) is 2.40. The van der Waals surface area contributed by atoms with E-state index >= 15 is 0 Å². The fraction of sp³-hybridized carbons (Fsp3) is 0.312. The first kappa shape index (κ1) is 12.6. The van der Waals surface area contributed by atoms with Crippen LogP contribution in [0.4, 0.5) is 0 Å². The Morgan fingerprint density at radius 2 is 1.89 bits per heavy atom. The molecule has 0 saturated heterocycles. The van der Waals surface area contributed by atoms with Crippen LogP contribution in [0.5, 0.6) is 0 Å². The zero-order valence-electron chi connectivity index (χ0n) is 11.4. The SMILES string of the molecule is CCC(=O)c1cc(C)n(-c2cccc(C)c2)c1C. The summed E-state index contributed by atoms with van der Waals surface area (Å²) in [4.78, 5) is 11.9. The van der Waals surface area contributed by atoms with Crippen molar-refractivity contribution in [2.75, 3.05) is 0 Å². The molecule has 2 rings (SSSR count). The van der Waals surface area contributed by atoms with E-state index in [0.29, 0.717) is 6.42 Å². The molecule has 2 nitrogen and oxygen atoms in total. The molecule has 0 spiro atoms. The molecule has 2 aromatic rings. The first-order chi connectivity index (χ1) is 8.54. The monoisotopic (exact) mass is 241 g/mol. The molecular weight excluding hydrogens is 222 g/mol. The van der Waals surface area contributed by atoms with E-state index in [-0.39, 0.29) is 5.78 Å². The number of Topliss-reactive ketones (excluding diaryl/α,β-unsaturated/α-hetero) is 1. The molecule has 18 heavy (non-hydrogen) atoms. The quantitative estimate of drug-likeness (QED) is 0.744. The Morgan fingerprint density at radius 1 is 1.17 bits per heavy atom. The highest BCUT2D eigenvalue weighted by Gasteiger charge is 2.14. The number of carbonyl (C=O) groups excluding carboxylic acids is 1. The lowest BCUT2D eigenvalue weighted by molar-refractivity contribution is 0.0987. The summed E-state index contributed by atoms with van der Waals surface area (Å²) in [6.45, 7) is 8.04. The van der Waals surface area contributed by atoms with Crippen LogP contribution < -0.4 is 0 Å². The number of aryl methyl sites for hydroxylation is 2. The Kier molecular flexibility index (Phi) is 3.37. The van der Waals surface area contributed by atoms with Crippen LogP contribution in [-0.4, -0.2) is 10.4 Å². The van der Waals surface area contributed by atoms with Crippen LogP contribution in [0.3, 0.4) is 0 Å². The number of benzene rings is 1. The van der Waals surface area contributed by atoms with Crippen molar-refractivity contribution in [2.45, 2.75) is 34.1 Å². The van der Waals surface area contributed by atoms with Crippen molar-refractivity contribution in [3.63, 3.8) is 0 Å². The number of carbonyl (C=O) groups is 1. The molecule has 0 amide bonds. The van der Waals surface area contributed by atoms with Gasteiger partial charge < -0.3 is 4.57 Å². The number of ketones is 1. The summed E-state index contributed by atoms with van der Waals surface area (Å²) in [5, 5.41) is 0. The van der Waals surface area contributed by atoms with E-state index in [9.17, 15) is 4.79 Å². The number of rotatable bonds is 3. The predicted molar refractivity (Wildman–Crippen MR) is 74.6 cm³/mol. The second-order valence-corrected chi connectivity index (χ2v) is 4.74. The Bertz CT molecular complexity index is 593. The molecule has 2 heteroatoms. The molecule has 94 valence electrons. The predicted octanol–water partition coefficient (Wildman–Crippen LogP) is 4.00. The van der Waals surface area contributed by atoms with Gasteiger partial charge in [0.15, 0.2) is 5.78 Å². The third-order valence-electron chi connectivity index (χ3n) is 3.31. The van der Waals surface area contributed by atoms with Gasteiger partial charge in [0.05, 0.1) is 0 Å². The van der Waals surface area contributed by atoms with Crippen molar-refractivity contribution in [3.05, 3.63) is 52.8 Å². The smallest absolute Gasteiger partial charge is 0.164 e. The molecule has 1 aromatic carbocycles. The van der Waals surface area contributed by atoms with Gasteiger partial charge in [-0.3, -0.25) is 4.79 Å². The van der Waals surface area contributed by atoms with E-state index in [1.165, 1.54) is 5.56 Å². The summed E-state index contributed by atoms with van der Waals surface area (Å²) in [6.07, 6.45) is 0.554. The molecule has 0 bridgehead atoms. The van der Waals surface area contributed by atoms with Gasteiger partial charge in [0.1, 0.15) is 0 Å². The zero-order valence-corrected chi connectivity index (χ0v) is 11.4. The van der Waals surface area contributed by atoms with Gasteiger partial charge in [-0.2, -0.15) is 0 Å². The van der Waals surface area contributed by atoms with Crippen molar-refractivity contribution in [3.8, 4) is 5.69 Å². The van der Waals surface area contributed by atoms with Crippen LogP contribution in [0.1, 0.15) is 40.7 Å². The maximum atomic E-state index is 11.9. The summed E-state index contributed by atoms with van der Waals surface area (Å²) in [7, 11) is 0. The molecule has 0 aliphatic rings. The van der Waals surface area contributed by atoms with E-state index in [4.69, 9.17) is 0 Å². The molecule has 0 atom stereocenters. The van der Waals surface area contributed by atoms with Crippen LogP contribution in [-0.2, 0) is 0 Å². The van der Waals surface area contributed by atoms with E-state index in [2.05, 4.69) is 29.7 Å². The molecule has 0 saturated carbocycles. The molecule has 0 aliphatic carbocycles. The lowest BCUT2D eigenvalue weighted by Crippen LogP contribution is -2.02. The van der Waals surface area contributed by atoms with E-state index in [0.717, 1.165) is 22.6 Å². The first-order valence-electron chi connectivity index (χ1n) is 6.33. The van der Waals surface area contributed by atoms with Crippen molar-refractivity contribution in [2.24, 2.45) is 0 Å². The minimum Gasteiger partial charge on any atom is -0.318 e. The Labute approximate surface area is 108 Å². The summed E-state index contributed by atoms with van der Waals surface area (Å²) in [5.74, 6) is 0.210. The van der Waals surface area contributed by atoms with Gasteiger partial charge >= 0.3 is 0 Å². The Balaban J connectivity index is 2.59. The van der Waals surface area contributed by atoms with Crippen molar-refractivity contribution < 1.29 is 4.79 Å². The lowest BCUT2D eigenvalue weighted by Gasteiger charge is -2.10. The Hall–Kier alpha value is -1.83. The third kappa shape index (κ3) is 2.10. The highest BCUT2D eigenvalue weighted by atomic mass is 16.1. The third-order valence-corrected chi connectivity index (χ3v) is 3.31. The minimum atomic E-state index is 0.210. The summed E-state index contributed by atoms with van der Waals surface area (Å²) in [6, 6.07) is 10.3. The van der Waals surface area contributed by atoms with Gasteiger partial charge in [-0.1, -0.05) is 19.1 Å². The molecule has 1 aromatic heterocycles. The first-order valence-corrected chi connectivity index (χ1v) is 6.33. The van der Waals surface area contributed by atoms with E-state index in [1.54, 1.807) is 0 Å². The van der Waals surface area contributed by atoms with Crippen LogP contribution in [0.2, 0.25) is 0 Å². The normalized spacial score (nSPS) is 10.7. The van der Waals surface area contributed by atoms with Gasteiger partial charge in [0.2, 0.25) is 0 Å². The minimum absolute atomic E-state index is 0.210. The van der Waals surface area contributed by atoms with Crippen LogP contribution in [0.25, 0.3) is 5.69 Å². The Morgan fingerprint density at radius 3 is 2.50 bits per heavy atom. The average Bonchev–Trinajstić information content (AvgIpc) is 2.64. The number of aromatic nitrogens is 1. The topological polar surface area (TPSA) is 22.0 Å². The van der Waals surface area contributed by atoms with E-state index < -0.39 is 0 Å².